The van der Waals surface area contributed by atoms with E-state index < -0.39 is 11.9 Å². The van der Waals surface area contributed by atoms with Crippen LogP contribution in [-0.2, 0) is 9.47 Å². The number of esters is 2. The Morgan fingerprint density at radius 3 is 1.96 bits per heavy atom. The Morgan fingerprint density at radius 1 is 0.778 bits per heavy atom. The fourth-order valence-electron chi connectivity index (χ4n) is 3.11. The summed E-state index contributed by atoms with van der Waals surface area (Å²) in [5.74, 6) is -0.502. The molecular weight excluding hydrogens is 340 g/mol. The minimum Gasteiger partial charge on any atom is -0.462 e. The summed E-state index contributed by atoms with van der Waals surface area (Å²) in [5.41, 5.74) is 0.582. The predicted molar refractivity (Wildman–Crippen MR) is 109 cm³/mol. The van der Waals surface area contributed by atoms with Gasteiger partial charge in [-0.1, -0.05) is 71.4 Å². The van der Waals surface area contributed by atoms with E-state index in [2.05, 4.69) is 20.8 Å². The molecule has 0 N–H and O–H groups in total. The van der Waals surface area contributed by atoms with E-state index >= 15 is 0 Å². The molecule has 0 aliphatic carbocycles. The molecule has 0 spiro atoms. The van der Waals surface area contributed by atoms with Crippen molar-refractivity contribution in [3.63, 3.8) is 0 Å². The largest absolute Gasteiger partial charge is 0.462 e. The summed E-state index contributed by atoms with van der Waals surface area (Å²) in [6.07, 6.45) is 9.70. The van der Waals surface area contributed by atoms with Crippen molar-refractivity contribution in [2.45, 2.75) is 78.6 Å². The molecule has 0 amide bonds. The van der Waals surface area contributed by atoms with Crippen molar-refractivity contribution >= 4 is 11.9 Å². The Hall–Kier alpha value is -1.84. The lowest BCUT2D eigenvalue weighted by atomic mass is 9.97. The third-order valence-electron chi connectivity index (χ3n) is 4.71. The van der Waals surface area contributed by atoms with Gasteiger partial charge in [0.15, 0.2) is 0 Å². The number of hydrogen-bond donors (Lipinski definition) is 0. The SMILES string of the molecule is CCCCCOC(=O)c1ccccc1C(=O)OCC(CCC)CCCCC. The molecular formula is C23H36O4. The molecule has 0 radical (unpaired) electrons. The molecule has 0 saturated heterocycles. The standard InChI is InChI=1S/C23H36O4/c1-4-7-9-14-19(13-6-3)18-27-23(25)21-16-11-10-15-20(21)22(24)26-17-12-8-5-2/h10-11,15-16,19H,4-9,12-14,17-18H2,1-3H3. The zero-order valence-corrected chi connectivity index (χ0v) is 17.3. The lowest BCUT2D eigenvalue weighted by molar-refractivity contribution is 0.0401. The average molecular weight is 377 g/mol. The quantitative estimate of drug-likeness (QED) is 0.287. The van der Waals surface area contributed by atoms with Crippen molar-refractivity contribution < 1.29 is 19.1 Å². The molecule has 0 aliphatic heterocycles. The zero-order chi connectivity index (χ0) is 19.9. The molecule has 152 valence electrons. The van der Waals surface area contributed by atoms with Crippen LogP contribution in [0.2, 0.25) is 0 Å². The molecule has 0 aromatic heterocycles. The van der Waals surface area contributed by atoms with Gasteiger partial charge in [0.05, 0.1) is 24.3 Å². The maximum atomic E-state index is 12.6. The highest BCUT2D eigenvalue weighted by Crippen LogP contribution is 2.18. The lowest BCUT2D eigenvalue weighted by Gasteiger charge is -2.17. The van der Waals surface area contributed by atoms with E-state index in [1.807, 2.05) is 0 Å². The van der Waals surface area contributed by atoms with Crippen LogP contribution < -0.4 is 0 Å². The van der Waals surface area contributed by atoms with E-state index in [4.69, 9.17) is 9.47 Å². The molecule has 1 aromatic carbocycles. The molecule has 27 heavy (non-hydrogen) atoms. The molecule has 4 heteroatoms. The molecule has 0 fully saturated rings. The molecule has 0 heterocycles. The second-order valence-corrected chi connectivity index (χ2v) is 7.14. The summed E-state index contributed by atoms with van der Waals surface area (Å²) in [6.45, 7) is 7.23. The summed E-state index contributed by atoms with van der Waals surface area (Å²) < 4.78 is 10.9. The number of benzene rings is 1. The van der Waals surface area contributed by atoms with E-state index in [1.165, 1.54) is 19.3 Å². The minimum absolute atomic E-state index is 0.289. The highest BCUT2D eigenvalue weighted by atomic mass is 16.5. The van der Waals surface area contributed by atoms with Crippen LogP contribution in [0.1, 0.15) is 99.3 Å². The van der Waals surface area contributed by atoms with E-state index in [0.717, 1.165) is 38.5 Å². The third kappa shape index (κ3) is 9.07. The average Bonchev–Trinajstić information content (AvgIpc) is 2.69. The second-order valence-electron chi connectivity index (χ2n) is 7.14. The van der Waals surface area contributed by atoms with Crippen LogP contribution in [0.15, 0.2) is 24.3 Å². The van der Waals surface area contributed by atoms with Gasteiger partial charge >= 0.3 is 11.9 Å². The van der Waals surface area contributed by atoms with Crippen LogP contribution in [0, 0.1) is 5.92 Å². The third-order valence-corrected chi connectivity index (χ3v) is 4.71. The fraction of sp³-hybridized carbons (Fsp3) is 0.652. The maximum Gasteiger partial charge on any atom is 0.339 e. The Morgan fingerprint density at radius 2 is 1.37 bits per heavy atom. The number of carbonyl (C=O) groups is 2. The highest BCUT2D eigenvalue weighted by Gasteiger charge is 2.20. The van der Waals surface area contributed by atoms with Crippen LogP contribution in [-0.4, -0.2) is 25.2 Å². The van der Waals surface area contributed by atoms with Crippen LogP contribution in [0.5, 0.6) is 0 Å². The number of hydrogen-bond acceptors (Lipinski definition) is 4. The van der Waals surface area contributed by atoms with Crippen LogP contribution in [0.4, 0.5) is 0 Å². The maximum absolute atomic E-state index is 12.6. The van der Waals surface area contributed by atoms with Gasteiger partial charge in [-0.15, -0.1) is 0 Å². The van der Waals surface area contributed by atoms with Gasteiger partial charge in [-0.05, 0) is 37.3 Å². The summed E-state index contributed by atoms with van der Waals surface area (Å²) in [7, 11) is 0. The van der Waals surface area contributed by atoms with Gasteiger partial charge in [-0.3, -0.25) is 0 Å². The van der Waals surface area contributed by atoms with E-state index in [1.54, 1.807) is 24.3 Å². The summed E-state index contributed by atoms with van der Waals surface area (Å²) >= 11 is 0. The molecule has 0 saturated carbocycles. The van der Waals surface area contributed by atoms with Crippen molar-refractivity contribution in [2.75, 3.05) is 13.2 Å². The van der Waals surface area contributed by atoms with E-state index in [0.29, 0.717) is 24.7 Å². The van der Waals surface area contributed by atoms with Gasteiger partial charge in [0.25, 0.3) is 0 Å². The van der Waals surface area contributed by atoms with Gasteiger partial charge in [-0.25, -0.2) is 9.59 Å². The number of carbonyl (C=O) groups excluding carboxylic acids is 2. The molecule has 1 aromatic rings. The number of unbranched alkanes of at least 4 members (excludes halogenated alkanes) is 4. The first kappa shape index (κ1) is 23.2. The van der Waals surface area contributed by atoms with Crippen molar-refractivity contribution in [3.8, 4) is 0 Å². The van der Waals surface area contributed by atoms with Gasteiger partial charge in [-0.2, -0.15) is 0 Å². The molecule has 1 unspecified atom stereocenters. The smallest absolute Gasteiger partial charge is 0.339 e. The molecule has 0 bridgehead atoms. The Kier molecular flexibility index (Phi) is 12.2. The van der Waals surface area contributed by atoms with E-state index in [-0.39, 0.29) is 5.56 Å². The monoisotopic (exact) mass is 376 g/mol. The molecule has 1 atom stereocenters. The topological polar surface area (TPSA) is 52.6 Å². The van der Waals surface area contributed by atoms with Crippen molar-refractivity contribution in [2.24, 2.45) is 5.92 Å². The zero-order valence-electron chi connectivity index (χ0n) is 17.3. The van der Waals surface area contributed by atoms with Gasteiger partial charge < -0.3 is 9.47 Å². The first-order valence-electron chi connectivity index (χ1n) is 10.6. The first-order chi connectivity index (χ1) is 13.1. The molecule has 0 aliphatic rings. The van der Waals surface area contributed by atoms with E-state index in [9.17, 15) is 9.59 Å². The summed E-state index contributed by atoms with van der Waals surface area (Å²) in [5, 5.41) is 0. The van der Waals surface area contributed by atoms with Gasteiger partial charge in [0.2, 0.25) is 0 Å². The van der Waals surface area contributed by atoms with Crippen LogP contribution in [0.25, 0.3) is 0 Å². The van der Waals surface area contributed by atoms with Gasteiger partial charge in [0, 0.05) is 0 Å². The van der Waals surface area contributed by atoms with Gasteiger partial charge in [0.1, 0.15) is 0 Å². The van der Waals surface area contributed by atoms with Crippen LogP contribution >= 0.6 is 0 Å². The number of rotatable bonds is 14. The first-order valence-corrected chi connectivity index (χ1v) is 10.6. The Bertz CT molecular complexity index is 553. The van der Waals surface area contributed by atoms with Crippen molar-refractivity contribution in [1.29, 1.82) is 0 Å². The Balaban J connectivity index is 2.64. The predicted octanol–water partition coefficient (Wildman–Crippen LogP) is 6.19. The van der Waals surface area contributed by atoms with Crippen molar-refractivity contribution in [3.05, 3.63) is 35.4 Å². The van der Waals surface area contributed by atoms with Crippen LogP contribution in [0.3, 0.4) is 0 Å². The normalized spacial score (nSPS) is 11.8. The summed E-state index contributed by atoms with van der Waals surface area (Å²) in [4.78, 5) is 24.9. The number of ether oxygens (including phenoxy) is 2. The highest BCUT2D eigenvalue weighted by molar-refractivity contribution is 6.03. The summed E-state index contributed by atoms with van der Waals surface area (Å²) in [6, 6.07) is 6.75. The molecule has 1 rings (SSSR count). The minimum atomic E-state index is -0.452. The lowest BCUT2D eigenvalue weighted by Crippen LogP contribution is -2.18. The Labute approximate surface area is 164 Å². The second kappa shape index (κ2) is 14.2. The van der Waals surface area contributed by atoms with Crippen molar-refractivity contribution in [1.82, 2.24) is 0 Å². The fourth-order valence-corrected chi connectivity index (χ4v) is 3.11. The molecule has 4 nitrogen and oxygen atoms in total.